The Morgan fingerprint density at radius 3 is 2.91 bits per heavy atom. The fourth-order valence-electron chi connectivity index (χ4n) is 0.449. The number of allylic oxidation sites excluding steroid dienone is 1. The zero-order valence-electron chi connectivity index (χ0n) is 6.89. The van der Waals surface area contributed by atoms with Gasteiger partial charge in [-0.3, -0.25) is 4.79 Å². The van der Waals surface area contributed by atoms with E-state index in [1.807, 2.05) is 13.0 Å². The van der Waals surface area contributed by atoms with Crippen LogP contribution in [0.3, 0.4) is 0 Å². The predicted octanol–water partition coefficient (Wildman–Crippen LogP) is 1.52. The standard InChI is InChI=1S/C9H12O2/c1-3-5-7-9(10)11-8-6-4-2/h4,6H,7-8H2,1-2H3/b6-4+. The molecule has 0 radical (unpaired) electrons. The van der Waals surface area contributed by atoms with E-state index in [9.17, 15) is 4.79 Å². The fourth-order valence-corrected chi connectivity index (χ4v) is 0.449. The van der Waals surface area contributed by atoms with E-state index in [0.717, 1.165) is 0 Å². The molecule has 0 aromatic carbocycles. The molecule has 2 nitrogen and oxygen atoms in total. The van der Waals surface area contributed by atoms with Crippen molar-refractivity contribution in [1.29, 1.82) is 0 Å². The Morgan fingerprint density at radius 1 is 1.64 bits per heavy atom. The highest BCUT2D eigenvalue weighted by Gasteiger charge is 1.95. The van der Waals surface area contributed by atoms with Crippen molar-refractivity contribution in [2.75, 3.05) is 6.61 Å². The van der Waals surface area contributed by atoms with Crippen LogP contribution in [0.15, 0.2) is 12.2 Å². The Bertz CT molecular complexity index is 193. The first-order chi connectivity index (χ1) is 5.31. The molecule has 0 aliphatic rings. The molecule has 0 rings (SSSR count). The number of hydrogen-bond acceptors (Lipinski definition) is 2. The van der Waals surface area contributed by atoms with Crippen molar-refractivity contribution in [3.8, 4) is 11.8 Å². The highest BCUT2D eigenvalue weighted by Crippen LogP contribution is 1.84. The molecule has 60 valence electrons. The van der Waals surface area contributed by atoms with E-state index in [1.54, 1.807) is 13.0 Å². The Hall–Kier alpha value is -1.23. The van der Waals surface area contributed by atoms with Gasteiger partial charge in [-0.1, -0.05) is 18.1 Å². The number of carbonyl (C=O) groups is 1. The summed E-state index contributed by atoms with van der Waals surface area (Å²) >= 11 is 0. The van der Waals surface area contributed by atoms with Crippen LogP contribution in [-0.4, -0.2) is 12.6 Å². The molecule has 0 N–H and O–H groups in total. The first kappa shape index (κ1) is 9.77. The highest BCUT2D eigenvalue weighted by atomic mass is 16.5. The number of carbonyl (C=O) groups excluding carboxylic acids is 1. The molecule has 0 heterocycles. The van der Waals surface area contributed by atoms with E-state index in [4.69, 9.17) is 4.74 Å². The van der Waals surface area contributed by atoms with Gasteiger partial charge in [-0.15, -0.1) is 5.92 Å². The van der Waals surface area contributed by atoms with Gasteiger partial charge < -0.3 is 4.74 Å². The number of hydrogen-bond donors (Lipinski definition) is 0. The first-order valence-electron chi connectivity index (χ1n) is 3.47. The summed E-state index contributed by atoms with van der Waals surface area (Å²) in [7, 11) is 0. The van der Waals surface area contributed by atoms with Crippen molar-refractivity contribution in [1.82, 2.24) is 0 Å². The molecule has 11 heavy (non-hydrogen) atoms. The molecule has 0 aromatic rings. The third-order valence-electron chi connectivity index (χ3n) is 0.986. The summed E-state index contributed by atoms with van der Waals surface area (Å²) in [6, 6.07) is 0. The maximum atomic E-state index is 10.7. The van der Waals surface area contributed by atoms with Gasteiger partial charge in [-0.2, -0.15) is 0 Å². The smallest absolute Gasteiger partial charge is 0.318 e. The predicted molar refractivity (Wildman–Crippen MR) is 43.8 cm³/mol. The second-order valence-electron chi connectivity index (χ2n) is 1.86. The molecule has 0 aliphatic carbocycles. The van der Waals surface area contributed by atoms with E-state index in [2.05, 4.69) is 11.8 Å². The Labute approximate surface area is 67.2 Å². The maximum absolute atomic E-state index is 10.7. The second-order valence-corrected chi connectivity index (χ2v) is 1.86. The minimum Gasteiger partial charge on any atom is -0.461 e. The van der Waals surface area contributed by atoms with Gasteiger partial charge in [0, 0.05) is 0 Å². The molecule has 0 unspecified atom stereocenters. The largest absolute Gasteiger partial charge is 0.461 e. The monoisotopic (exact) mass is 152 g/mol. The molecule has 0 bridgehead atoms. The average molecular weight is 152 g/mol. The first-order valence-corrected chi connectivity index (χ1v) is 3.47. The summed E-state index contributed by atoms with van der Waals surface area (Å²) in [6.45, 7) is 3.92. The zero-order valence-corrected chi connectivity index (χ0v) is 6.89. The van der Waals surface area contributed by atoms with Crippen molar-refractivity contribution >= 4 is 5.97 Å². The average Bonchev–Trinajstić information content (AvgIpc) is 2.01. The molecule has 0 aromatic heterocycles. The van der Waals surface area contributed by atoms with Crippen LogP contribution in [0.4, 0.5) is 0 Å². The summed E-state index contributed by atoms with van der Waals surface area (Å²) < 4.78 is 4.76. The third-order valence-corrected chi connectivity index (χ3v) is 0.986. The van der Waals surface area contributed by atoms with Gasteiger partial charge in [-0.05, 0) is 13.8 Å². The lowest BCUT2D eigenvalue weighted by molar-refractivity contribution is -0.141. The molecular formula is C9H12O2. The summed E-state index contributed by atoms with van der Waals surface area (Å²) in [5.74, 6) is 4.98. The second kappa shape index (κ2) is 6.88. The summed E-state index contributed by atoms with van der Waals surface area (Å²) in [5.41, 5.74) is 0. The summed E-state index contributed by atoms with van der Waals surface area (Å²) in [4.78, 5) is 10.7. The van der Waals surface area contributed by atoms with Crippen LogP contribution >= 0.6 is 0 Å². The van der Waals surface area contributed by atoms with Crippen molar-refractivity contribution in [2.24, 2.45) is 0 Å². The molecule has 0 spiro atoms. The van der Waals surface area contributed by atoms with Crippen molar-refractivity contribution in [2.45, 2.75) is 20.3 Å². The SMILES string of the molecule is CC#CCC(=O)OC/C=C/C. The van der Waals surface area contributed by atoms with Crippen molar-refractivity contribution in [3.05, 3.63) is 12.2 Å². The molecule has 0 atom stereocenters. The van der Waals surface area contributed by atoms with Crippen LogP contribution in [0.25, 0.3) is 0 Å². The van der Waals surface area contributed by atoms with Gasteiger partial charge >= 0.3 is 5.97 Å². The maximum Gasteiger partial charge on any atom is 0.318 e. The van der Waals surface area contributed by atoms with E-state index in [1.165, 1.54) is 0 Å². The quantitative estimate of drug-likeness (QED) is 0.348. The molecule has 2 heteroatoms. The third kappa shape index (κ3) is 6.66. The molecule has 0 fully saturated rings. The van der Waals surface area contributed by atoms with Crippen LogP contribution in [0.1, 0.15) is 20.3 Å². The Balaban J connectivity index is 3.42. The van der Waals surface area contributed by atoms with Gasteiger partial charge in [0.05, 0.1) is 0 Å². The molecule has 0 amide bonds. The molecule has 0 aliphatic heterocycles. The summed E-state index contributed by atoms with van der Waals surface area (Å²) in [6.07, 6.45) is 3.80. The van der Waals surface area contributed by atoms with Crippen LogP contribution in [0.2, 0.25) is 0 Å². The van der Waals surface area contributed by atoms with Gasteiger partial charge in [-0.25, -0.2) is 0 Å². The lowest BCUT2D eigenvalue weighted by Gasteiger charge is -1.95. The van der Waals surface area contributed by atoms with Crippen molar-refractivity contribution < 1.29 is 9.53 Å². The minimum atomic E-state index is -0.266. The van der Waals surface area contributed by atoms with E-state index in [0.29, 0.717) is 6.61 Å². The van der Waals surface area contributed by atoms with Crippen LogP contribution < -0.4 is 0 Å². The lowest BCUT2D eigenvalue weighted by atomic mass is 10.4. The topological polar surface area (TPSA) is 26.3 Å². The van der Waals surface area contributed by atoms with Gasteiger partial charge in [0.25, 0.3) is 0 Å². The van der Waals surface area contributed by atoms with Crippen LogP contribution in [-0.2, 0) is 9.53 Å². The van der Waals surface area contributed by atoms with Gasteiger partial charge in [0.15, 0.2) is 0 Å². The van der Waals surface area contributed by atoms with Crippen LogP contribution in [0, 0.1) is 11.8 Å². The molecule has 0 saturated heterocycles. The zero-order chi connectivity index (χ0) is 8.53. The van der Waals surface area contributed by atoms with E-state index >= 15 is 0 Å². The normalized spacial score (nSPS) is 8.91. The number of esters is 1. The van der Waals surface area contributed by atoms with Crippen LogP contribution in [0.5, 0.6) is 0 Å². The Kier molecular flexibility index (Phi) is 6.11. The minimum absolute atomic E-state index is 0.189. The highest BCUT2D eigenvalue weighted by molar-refractivity contribution is 5.72. The number of ether oxygens (including phenoxy) is 1. The summed E-state index contributed by atoms with van der Waals surface area (Å²) in [5, 5.41) is 0. The lowest BCUT2D eigenvalue weighted by Crippen LogP contribution is -2.02. The van der Waals surface area contributed by atoms with E-state index < -0.39 is 0 Å². The Morgan fingerprint density at radius 2 is 2.36 bits per heavy atom. The van der Waals surface area contributed by atoms with E-state index in [-0.39, 0.29) is 12.4 Å². The molecule has 0 saturated carbocycles. The van der Waals surface area contributed by atoms with Crippen molar-refractivity contribution in [3.63, 3.8) is 0 Å². The van der Waals surface area contributed by atoms with Gasteiger partial charge in [0.2, 0.25) is 0 Å². The molecular weight excluding hydrogens is 140 g/mol. The van der Waals surface area contributed by atoms with Gasteiger partial charge in [0.1, 0.15) is 13.0 Å². The number of rotatable bonds is 3. The fraction of sp³-hybridized carbons (Fsp3) is 0.444.